The maximum atomic E-state index is 12.9. The van der Waals surface area contributed by atoms with Gasteiger partial charge in [-0.15, -0.1) is 0 Å². The van der Waals surface area contributed by atoms with Crippen LogP contribution in [0.25, 0.3) is 5.78 Å². The summed E-state index contributed by atoms with van der Waals surface area (Å²) in [5.41, 5.74) is 5.50. The van der Waals surface area contributed by atoms with Gasteiger partial charge in [0.1, 0.15) is 12.9 Å². The molecular weight excluding hydrogens is 352 g/mol. The molecule has 0 atom stereocenters. The summed E-state index contributed by atoms with van der Waals surface area (Å²) in [6.45, 7) is 10.7. The van der Waals surface area contributed by atoms with Crippen molar-refractivity contribution in [3.63, 3.8) is 0 Å². The lowest BCUT2D eigenvalue weighted by Gasteiger charge is -2.32. The molecule has 0 unspecified atom stereocenters. The Hall–Kier alpha value is -2.80. The monoisotopic (exact) mass is 379 g/mol. The number of rotatable bonds is 4. The predicted molar refractivity (Wildman–Crippen MR) is 106 cm³/mol. The molecule has 0 bridgehead atoms. The summed E-state index contributed by atoms with van der Waals surface area (Å²) in [5.74, 6) is 0.752. The number of hydrogen-bond acceptors (Lipinski definition) is 4. The third kappa shape index (κ3) is 3.62. The van der Waals surface area contributed by atoms with Crippen molar-refractivity contribution in [2.45, 2.75) is 33.7 Å². The topological polar surface area (TPSA) is 67.8 Å². The highest BCUT2D eigenvalue weighted by molar-refractivity contribution is 5.79. The van der Waals surface area contributed by atoms with Gasteiger partial charge in [0, 0.05) is 22.5 Å². The van der Waals surface area contributed by atoms with Crippen LogP contribution in [0.2, 0.25) is 0 Å². The Bertz CT molecular complexity index is 1000. The van der Waals surface area contributed by atoms with Crippen molar-refractivity contribution in [1.29, 1.82) is 0 Å². The number of benzene rings is 1. The number of aryl methyl sites for hydroxylation is 3. The summed E-state index contributed by atoms with van der Waals surface area (Å²) in [6, 6.07) is 8.56. The second-order valence-corrected chi connectivity index (χ2v) is 7.64. The van der Waals surface area contributed by atoms with E-state index in [1.165, 1.54) is 22.4 Å². The van der Waals surface area contributed by atoms with Crippen molar-refractivity contribution in [1.82, 2.24) is 24.5 Å². The number of fused-ring (bicyclic) bond motifs is 1. The van der Waals surface area contributed by atoms with Crippen LogP contribution in [-0.2, 0) is 17.8 Å². The molecule has 1 saturated heterocycles. The van der Waals surface area contributed by atoms with E-state index < -0.39 is 0 Å². The van der Waals surface area contributed by atoms with Crippen LogP contribution in [0.1, 0.15) is 28.1 Å². The first-order chi connectivity index (χ1) is 13.5. The molecule has 1 amide bonds. The Kier molecular flexibility index (Phi) is 5.09. The fourth-order valence-electron chi connectivity index (χ4n) is 4.00. The highest BCUT2D eigenvalue weighted by Gasteiger charge is 2.25. The lowest BCUT2D eigenvalue weighted by Crippen LogP contribution is -3.13. The van der Waals surface area contributed by atoms with Crippen molar-refractivity contribution in [2.75, 3.05) is 26.2 Å². The van der Waals surface area contributed by atoms with E-state index in [4.69, 9.17) is 0 Å². The second-order valence-electron chi connectivity index (χ2n) is 7.64. The van der Waals surface area contributed by atoms with E-state index in [2.05, 4.69) is 46.3 Å². The van der Waals surface area contributed by atoms with Gasteiger partial charge in [0.15, 0.2) is 0 Å². The summed E-state index contributed by atoms with van der Waals surface area (Å²) < 4.78 is 1.71. The van der Waals surface area contributed by atoms with Gasteiger partial charge < -0.3 is 9.80 Å². The van der Waals surface area contributed by atoms with Crippen LogP contribution in [0.5, 0.6) is 0 Å². The lowest BCUT2D eigenvalue weighted by molar-refractivity contribution is -0.917. The summed E-state index contributed by atoms with van der Waals surface area (Å²) in [7, 11) is 0. The number of carbonyl (C=O) groups excluding carboxylic acids is 1. The van der Waals surface area contributed by atoms with Crippen LogP contribution in [0.15, 0.2) is 30.6 Å². The Labute approximate surface area is 165 Å². The minimum atomic E-state index is 0.169. The number of aromatic nitrogens is 4. The van der Waals surface area contributed by atoms with E-state index >= 15 is 0 Å². The first-order valence-corrected chi connectivity index (χ1v) is 9.84. The fourth-order valence-corrected chi connectivity index (χ4v) is 4.00. The van der Waals surface area contributed by atoms with E-state index in [9.17, 15) is 4.79 Å². The van der Waals surface area contributed by atoms with Gasteiger partial charge in [-0.2, -0.15) is 10.1 Å². The van der Waals surface area contributed by atoms with Crippen molar-refractivity contribution >= 4 is 11.7 Å². The molecule has 0 spiro atoms. The van der Waals surface area contributed by atoms with Crippen LogP contribution in [0.3, 0.4) is 0 Å². The van der Waals surface area contributed by atoms with Crippen LogP contribution in [-0.4, -0.2) is 56.6 Å². The van der Waals surface area contributed by atoms with Crippen molar-refractivity contribution in [2.24, 2.45) is 0 Å². The Morgan fingerprint density at radius 3 is 2.64 bits per heavy atom. The third-order valence-corrected chi connectivity index (χ3v) is 5.84. The van der Waals surface area contributed by atoms with Gasteiger partial charge in [-0.05, 0) is 26.3 Å². The molecular formula is C21H27N6O+. The minimum absolute atomic E-state index is 0.169. The number of carbonyl (C=O) groups is 1. The van der Waals surface area contributed by atoms with Gasteiger partial charge in [0.2, 0.25) is 5.91 Å². The maximum Gasteiger partial charge on any atom is 0.252 e. The molecule has 0 aliphatic carbocycles. The van der Waals surface area contributed by atoms with E-state index in [1.54, 1.807) is 4.52 Å². The van der Waals surface area contributed by atoms with Crippen LogP contribution >= 0.6 is 0 Å². The number of nitrogens with zero attached hydrogens (tertiary/aromatic N) is 5. The van der Waals surface area contributed by atoms with Crippen LogP contribution < -0.4 is 4.90 Å². The van der Waals surface area contributed by atoms with Crippen LogP contribution in [0, 0.1) is 20.8 Å². The highest BCUT2D eigenvalue weighted by atomic mass is 16.2. The van der Waals surface area contributed by atoms with Gasteiger partial charge in [0.05, 0.1) is 32.6 Å². The number of nitrogens with one attached hydrogen (secondary N) is 1. The molecule has 1 aliphatic rings. The summed E-state index contributed by atoms with van der Waals surface area (Å²) in [5, 5.41) is 4.21. The van der Waals surface area contributed by atoms with Crippen molar-refractivity contribution in [3.05, 3.63) is 58.7 Å². The smallest absolute Gasteiger partial charge is 0.252 e. The number of amides is 1. The van der Waals surface area contributed by atoms with E-state index in [0.717, 1.165) is 49.7 Å². The second kappa shape index (κ2) is 7.67. The molecule has 1 N–H and O–H groups in total. The Morgan fingerprint density at radius 2 is 1.89 bits per heavy atom. The molecule has 3 aromatic rings. The summed E-state index contributed by atoms with van der Waals surface area (Å²) in [6.07, 6.45) is 1.87. The predicted octanol–water partition coefficient (Wildman–Crippen LogP) is 0.519. The van der Waals surface area contributed by atoms with Gasteiger partial charge in [-0.3, -0.25) is 4.79 Å². The summed E-state index contributed by atoms with van der Waals surface area (Å²) >= 11 is 0. The zero-order valence-electron chi connectivity index (χ0n) is 16.8. The normalized spacial score (nSPS) is 15.3. The molecule has 146 valence electrons. The Balaban J connectivity index is 1.39. The fraction of sp³-hybridized carbons (Fsp3) is 0.429. The molecule has 0 saturated carbocycles. The number of hydrogen-bond donors (Lipinski definition) is 1. The lowest BCUT2D eigenvalue weighted by atomic mass is 10.1. The van der Waals surface area contributed by atoms with Gasteiger partial charge in [0.25, 0.3) is 5.78 Å². The van der Waals surface area contributed by atoms with Gasteiger partial charge in [-0.25, -0.2) is 9.50 Å². The first-order valence-electron chi connectivity index (χ1n) is 9.84. The molecule has 7 heteroatoms. The average molecular weight is 379 g/mol. The van der Waals surface area contributed by atoms with Crippen molar-refractivity contribution in [3.8, 4) is 0 Å². The van der Waals surface area contributed by atoms with E-state index in [0.29, 0.717) is 12.2 Å². The SMILES string of the molecule is Cc1ccccc1C[NH+]1CCN(C(=O)Cc2c(C)nc3ncnn3c2C)CC1. The Morgan fingerprint density at radius 1 is 1.14 bits per heavy atom. The van der Waals surface area contributed by atoms with E-state index in [1.807, 2.05) is 18.7 Å². The van der Waals surface area contributed by atoms with Crippen molar-refractivity contribution < 1.29 is 9.69 Å². The maximum absolute atomic E-state index is 12.9. The molecule has 7 nitrogen and oxygen atoms in total. The molecule has 1 aromatic carbocycles. The number of piperazine rings is 1. The zero-order chi connectivity index (χ0) is 19.7. The van der Waals surface area contributed by atoms with E-state index in [-0.39, 0.29) is 5.91 Å². The van der Waals surface area contributed by atoms with Gasteiger partial charge >= 0.3 is 0 Å². The molecule has 0 radical (unpaired) electrons. The quantitative estimate of drug-likeness (QED) is 0.718. The first kappa shape index (κ1) is 18.6. The highest BCUT2D eigenvalue weighted by Crippen LogP contribution is 2.15. The molecule has 1 aliphatic heterocycles. The third-order valence-electron chi connectivity index (χ3n) is 5.84. The van der Waals surface area contributed by atoms with Crippen LogP contribution in [0.4, 0.5) is 0 Å². The zero-order valence-corrected chi connectivity index (χ0v) is 16.8. The standard InChI is InChI=1S/C21H26N6O/c1-15-6-4-5-7-18(15)13-25-8-10-26(11-9-25)20(28)12-19-16(2)24-21-22-14-23-27(21)17(19)3/h4-7,14H,8-13H2,1-3H3/p+1. The molecule has 3 heterocycles. The molecule has 2 aromatic heterocycles. The molecule has 1 fully saturated rings. The summed E-state index contributed by atoms with van der Waals surface area (Å²) in [4.78, 5) is 25.1. The number of quaternary nitrogens is 1. The largest absolute Gasteiger partial charge is 0.331 e. The average Bonchev–Trinajstić information content (AvgIpc) is 3.16. The molecule has 4 rings (SSSR count). The molecule has 28 heavy (non-hydrogen) atoms. The van der Waals surface area contributed by atoms with Gasteiger partial charge in [-0.1, -0.05) is 24.3 Å². The minimum Gasteiger partial charge on any atom is -0.331 e.